The number of fused-ring (bicyclic) bond motifs is 7. The van der Waals surface area contributed by atoms with Crippen LogP contribution < -0.4 is 17.0 Å². The van der Waals surface area contributed by atoms with E-state index in [0.29, 0.717) is 0 Å². The first kappa shape index (κ1) is 45.8. The molecule has 1 nitrogen and oxygen atoms in total. The zero-order valence-corrected chi connectivity index (χ0v) is 41.3. The van der Waals surface area contributed by atoms with E-state index in [4.69, 9.17) is 0 Å². The highest BCUT2D eigenvalue weighted by atomic mass is 79.9. The van der Waals surface area contributed by atoms with E-state index >= 15 is 0 Å². The van der Waals surface area contributed by atoms with Gasteiger partial charge in [0.05, 0.1) is 13.1 Å². The van der Waals surface area contributed by atoms with Gasteiger partial charge >= 0.3 is 0 Å². The summed E-state index contributed by atoms with van der Waals surface area (Å²) in [6, 6.07) is 38.9. The van der Waals surface area contributed by atoms with E-state index in [9.17, 15) is 0 Å². The number of nitrogens with zero attached hydrogens (tertiary/aromatic N) is 1. The average Bonchev–Trinajstić information content (AvgIpc) is 3.32. The van der Waals surface area contributed by atoms with Crippen molar-refractivity contribution in [3.63, 3.8) is 0 Å². The fourth-order valence-corrected chi connectivity index (χ4v) is 9.64. The van der Waals surface area contributed by atoms with Crippen molar-refractivity contribution in [2.24, 2.45) is 0 Å². The van der Waals surface area contributed by atoms with Crippen molar-refractivity contribution in [2.75, 3.05) is 13.1 Å². The molecule has 0 unspecified atom stereocenters. The standard InChI is InChI=1S/C58H74N.BrH/c1-15-17-27-59(28-18-16-2)37-51-49(41-29-43(55(3,4)5)35-44(30-41)56(6,7)8)33-39-23-19-21-25-47(39)53(51)54-48-26-22-20-24-40(48)34-50(52(54)38-59)42-31-45(57(9,10)11)36-46(32-42)58(12,13)14;/h19-26,29-36H,15-18,27-28,37-38H2,1-14H3;1H/q+1;/p-1. The lowest BCUT2D eigenvalue weighted by molar-refractivity contribution is -0.953. The van der Waals surface area contributed by atoms with Gasteiger partial charge in [0.25, 0.3) is 0 Å². The molecule has 0 fully saturated rings. The molecule has 0 amide bonds. The van der Waals surface area contributed by atoms with Crippen LogP contribution in [0.3, 0.4) is 0 Å². The van der Waals surface area contributed by atoms with Crippen LogP contribution in [0.4, 0.5) is 0 Å². The molecule has 7 rings (SSSR count). The third kappa shape index (κ3) is 9.08. The minimum Gasteiger partial charge on any atom is -1.00 e. The van der Waals surface area contributed by atoms with Gasteiger partial charge in [0.15, 0.2) is 0 Å². The summed E-state index contributed by atoms with van der Waals surface area (Å²) >= 11 is 0. The number of quaternary nitrogens is 1. The van der Waals surface area contributed by atoms with Gasteiger partial charge in [-0.05, 0) is 113 Å². The summed E-state index contributed by atoms with van der Waals surface area (Å²) in [6.07, 6.45) is 4.85. The van der Waals surface area contributed by atoms with Gasteiger partial charge < -0.3 is 21.5 Å². The summed E-state index contributed by atoms with van der Waals surface area (Å²) in [7, 11) is 0. The van der Waals surface area contributed by atoms with Crippen molar-refractivity contribution in [3.05, 3.63) is 130 Å². The van der Waals surface area contributed by atoms with Gasteiger partial charge in [-0.25, -0.2) is 0 Å². The first-order valence-electron chi connectivity index (χ1n) is 22.9. The lowest BCUT2D eigenvalue weighted by atomic mass is 9.76. The molecule has 0 bridgehead atoms. The Morgan fingerprint density at radius 1 is 0.433 bits per heavy atom. The first-order valence-corrected chi connectivity index (χ1v) is 22.9. The summed E-state index contributed by atoms with van der Waals surface area (Å²) in [6.45, 7) is 37.7. The molecule has 0 N–H and O–H groups in total. The second kappa shape index (κ2) is 16.9. The molecule has 0 atom stereocenters. The van der Waals surface area contributed by atoms with Crippen molar-refractivity contribution in [3.8, 4) is 33.4 Å². The average molecular weight is 865 g/mol. The predicted octanol–water partition coefficient (Wildman–Crippen LogP) is 13.6. The van der Waals surface area contributed by atoms with Crippen LogP contribution in [-0.4, -0.2) is 17.6 Å². The Morgan fingerprint density at radius 2 is 0.750 bits per heavy atom. The molecule has 1 aliphatic rings. The van der Waals surface area contributed by atoms with Crippen LogP contribution in [0.5, 0.6) is 0 Å². The van der Waals surface area contributed by atoms with Gasteiger partial charge in [-0.3, -0.25) is 0 Å². The van der Waals surface area contributed by atoms with Crippen LogP contribution >= 0.6 is 0 Å². The highest BCUT2D eigenvalue weighted by Crippen LogP contribution is 2.51. The van der Waals surface area contributed by atoms with Gasteiger partial charge in [-0.1, -0.05) is 195 Å². The number of hydrogen-bond donors (Lipinski definition) is 0. The molecule has 0 spiro atoms. The van der Waals surface area contributed by atoms with Gasteiger partial charge in [-0.15, -0.1) is 0 Å². The molecule has 0 aliphatic carbocycles. The van der Waals surface area contributed by atoms with E-state index in [1.165, 1.54) is 127 Å². The summed E-state index contributed by atoms with van der Waals surface area (Å²) in [5, 5.41) is 5.41. The molecule has 1 heterocycles. The summed E-state index contributed by atoms with van der Waals surface area (Å²) < 4.78 is 1.08. The van der Waals surface area contributed by atoms with Crippen molar-refractivity contribution in [2.45, 2.75) is 157 Å². The Morgan fingerprint density at radius 3 is 1.05 bits per heavy atom. The Hall–Kier alpha value is -3.72. The second-order valence-electron chi connectivity index (χ2n) is 22.4. The zero-order chi connectivity index (χ0) is 42.7. The minimum atomic E-state index is 0. The molecule has 1 aliphatic heterocycles. The molecular formula is C58H74BrN. The number of halogens is 1. The molecule has 60 heavy (non-hydrogen) atoms. The molecule has 0 saturated heterocycles. The van der Waals surface area contributed by atoms with Gasteiger partial charge in [0, 0.05) is 22.3 Å². The maximum absolute atomic E-state index is 2.57. The minimum absolute atomic E-state index is 0. The Balaban J connectivity index is 0.00000604. The predicted molar refractivity (Wildman–Crippen MR) is 260 cm³/mol. The smallest absolute Gasteiger partial charge is 0.106 e. The van der Waals surface area contributed by atoms with Crippen molar-refractivity contribution < 1.29 is 21.5 Å². The van der Waals surface area contributed by atoms with Gasteiger partial charge in [0.2, 0.25) is 0 Å². The van der Waals surface area contributed by atoms with Crippen LogP contribution in [0.2, 0.25) is 0 Å². The Kier molecular flexibility index (Phi) is 12.9. The third-order valence-electron chi connectivity index (χ3n) is 13.5. The topological polar surface area (TPSA) is 0 Å². The van der Waals surface area contributed by atoms with Gasteiger partial charge in [-0.2, -0.15) is 0 Å². The van der Waals surface area contributed by atoms with Crippen LogP contribution in [0.1, 0.15) is 156 Å². The SMILES string of the molecule is CCCC[N+]1(CCCC)Cc2c(-c3cc(C(C)(C)C)cc(C(C)(C)C)c3)cc3ccccc3c2-c2c(c(-c3cc(C(C)(C)C)cc(C(C)(C)C)c3)cc3ccccc23)C1.[Br-]. The highest BCUT2D eigenvalue weighted by Gasteiger charge is 2.38. The van der Waals surface area contributed by atoms with E-state index in [0.717, 1.165) is 17.6 Å². The molecule has 2 heteroatoms. The Bertz CT molecular complexity index is 2260. The molecule has 6 aromatic carbocycles. The highest BCUT2D eigenvalue weighted by molar-refractivity contribution is 6.12. The maximum atomic E-state index is 2.57. The van der Waals surface area contributed by atoms with Crippen molar-refractivity contribution in [1.82, 2.24) is 0 Å². The quantitative estimate of drug-likeness (QED) is 0.134. The van der Waals surface area contributed by atoms with E-state index in [1.54, 1.807) is 0 Å². The van der Waals surface area contributed by atoms with E-state index in [-0.39, 0.29) is 38.6 Å². The number of rotatable bonds is 8. The second-order valence-corrected chi connectivity index (χ2v) is 22.4. The van der Waals surface area contributed by atoms with E-state index < -0.39 is 0 Å². The fourth-order valence-electron chi connectivity index (χ4n) is 9.64. The van der Waals surface area contributed by atoms with E-state index in [1.807, 2.05) is 0 Å². The van der Waals surface area contributed by atoms with Crippen molar-refractivity contribution in [1.29, 1.82) is 0 Å². The maximum Gasteiger partial charge on any atom is 0.106 e. The lowest BCUT2D eigenvalue weighted by Gasteiger charge is -2.39. The number of hydrogen-bond acceptors (Lipinski definition) is 0. The van der Waals surface area contributed by atoms with E-state index in [2.05, 4.69) is 194 Å². The van der Waals surface area contributed by atoms with Crippen LogP contribution in [0, 0.1) is 0 Å². The van der Waals surface area contributed by atoms with Crippen LogP contribution in [0.15, 0.2) is 97.1 Å². The first-order chi connectivity index (χ1) is 27.6. The molecule has 318 valence electrons. The molecule has 6 aromatic rings. The lowest BCUT2D eigenvalue weighted by Crippen LogP contribution is -3.00. The van der Waals surface area contributed by atoms with Crippen molar-refractivity contribution >= 4 is 21.5 Å². The number of unbranched alkanes of at least 4 members (excludes halogenated alkanes) is 2. The van der Waals surface area contributed by atoms with Crippen LogP contribution in [0.25, 0.3) is 54.9 Å². The zero-order valence-electron chi connectivity index (χ0n) is 39.7. The monoisotopic (exact) mass is 864 g/mol. The summed E-state index contributed by atoms with van der Waals surface area (Å²) in [5.41, 5.74) is 17.3. The Labute approximate surface area is 375 Å². The fraction of sp³-hybridized carbons (Fsp3) is 0.448. The molecular weight excluding hydrogens is 791 g/mol. The molecule has 0 radical (unpaired) electrons. The normalized spacial score (nSPS) is 14.4. The third-order valence-corrected chi connectivity index (χ3v) is 13.5. The summed E-state index contributed by atoms with van der Waals surface area (Å²) in [4.78, 5) is 0. The van der Waals surface area contributed by atoms with Gasteiger partial charge in [0.1, 0.15) is 13.1 Å². The molecule has 0 saturated carbocycles. The molecule has 0 aromatic heterocycles. The summed E-state index contributed by atoms with van der Waals surface area (Å²) in [5.74, 6) is 0. The van der Waals surface area contributed by atoms with Crippen LogP contribution in [-0.2, 0) is 34.7 Å². The number of benzene rings is 6. The largest absolute Gasteiger partial charge is 1.00 e.